The first-order valence-corrected chi connectivity index (χ1v) is 9.89. The fourth-order valence-electron chi connectivity index (χ4n) is 3.70. The molecule has 0 atom stereocenters. The van der Waals surface area contributed by atoms with Crippen molar-refractivity contribution in [1.29, 1.82) is 0 Å². The number of rotatable bonds is 5. The summed E-state index contributed by atoms with van der Waals surface area (Å²) in [5.41, 5.74) is -0.430. The molecule has 1 N–H and O–H groups in total. The average molecular weight is 414 g/mol. The third kappa shape index (κ3) is 3.93. The maximum atomic E-state index is 13.1. The lowest BCUT2D eigenvalue weighted by Crippen LogP contribution is -2.44. The van der Waals surface area contributed by atoms with Gasteiger partial charge in [0.1, 0.15) is 6.54 Å². The van der Waals surface area contributed by atoms with Crippen LogP contribution in [0.2, 0.25) is 5.02 Å². The maximum absolute atomic E-state index is 13.1. The summed E-state index contributed by atoms with van der Waals surface area (Å²) in [7, 11) is 0. The Morgan fingerprint density at radius 1 is 1.10 bits per heavy atom. The standard InChI is InChI=1S/C20H20ClN5O3/c21-15-8-4-1-5-13(15)11-26-19(28)17-18(23-10-9-22-17)25(20(26)29)12-16(27)24-14-6-2-3-7-14/h1,4-5,8-10,14H,2-3,6-7,11-12H2,(H,24,27). The van der Waals surface area contributed by atoms with Crippen molar-refractivity contribution >= 4 is 28.7 Å². The Kier molecular flexibility index (Phi) is 5.44. The van der Waals surface area contributed by atoms with E-state index in [1.807, 2.05) is 0 Å². The van der Waals surface area contributed by atoms with Crippen molar-refractivity contribution in [3.05, 3.63) is 68.1 Å². The smallest absolute Gasteiger partial charge is 0.333 e. The number of halogens is 1. The number of hydrogen-bond donors (Lipinski definition) is 1. The van der Waals surface area contributed by atoms with Gasteiger partial charge in [-0.25, -0.2) is 14.8 Å². The fraction of sp³-hybridized carbons (Fsp3) is 0.350. The summed E-state index contributed by atoms with van der Waals surface area (Å²) in [6.45, 7) is -0.249. The molecular weight excluding hydrogens is 394 g/mol. The van der Waals surface area contributed by atoms with E-state index in [1.165, 1.54) is 17.0 Å². The van der Waals surface area contributed by atoms with Crippen molar-refractivity contribution in [2.45, 2.75) is 44.8 Å². The summed E-state index contributed by atoms with van der Waals surface area (Å²) in [6, 6.07) is 7.11. The van der Waals surface area contributed by atoms with Gasteiger partial charge in [-0.05, 0) is 24.5 Å². The maximum Gasteiger partial charge on any atom is 0.333 e. The fourth-order valence-corrected chi connectivity index (χ4v) is 3.89. The van der Waals surface area contributed by atoms with Crippen LogP contribution in [0.1, 0.15) is 31.2 Å². The van der Waals surface area contributed by atoms with Crippen molar-refractivity contribution in [3.63, 3.8) is 0 Å². The molecule has 1 aromatic carbocycles. The molecule has 3 aromatic rings. The number of amides is 1. The van der Waals surface area contributed by atoms with E-state index in [2.05, 4.69) is 15.3 Å². The van der Waals surface area contributed by atoms with Gasteiger partial charge < -0.3 is 5.32 Å². The van der Waals surface area contributed by atoms with Crippen LogP contribution in [-0.2, 0) is 17.9 Å². The topological polar surface area (TPSA) is 98.9 Å². The van der Waals surface area contributed by atoms with Gasteiger partial charge in [0.2, 0.25) is 5.91 Å². The second-order valence-electron chi connectivity index (χ2n) is 7.13. The molecule has 0 spiro atoms. The van der Waals surface area contributed by atoms with E-state index in [0.29, 0.717) is 10.6 Å². The zero-order valence-corrected chi connectivity index (χ0v) is 16.4. The number of benzene rings is 1. The first-order chi connectivity index (χ1) is 14.0. The molecule has 2 heterocycles. The van der Waals surface area contributed by atoms with Crippen LogP contribution in [0, 0.1) is 0 Å². The summed E-state index contributed by atoms with van der Waals surface area (Å²) in [4.78, 5) is 46.8. The molecule has 150 valence electrons. The summed E-state index contributed by atoms with van der Waals surface area (Å²) < 4.78 is 2.24. The molecule has 9 heteroatoms. The summed E-state index contributed by atoms with van der Waals surface area (Å²) in [5, 5.41) is 3.40. The number of hydrogen-bond acceptors (Lipinski definition) is 5. The molecular formula is C20H20ClN5O3. The van der Waals surface area contributed by atoms with Gasteiger partial charge in [0.15, 0.2) is 11.2 Å². The highest BCUT2D eigenvalue weighted by Gasteiger charge is 2.21. The molecule has 2 aromatic heterocycles. The third-order valence-corrected chi connectivity index (χ3v) is 5.52. The molecule has 29 heavy (non-hydrogen) atoms. The SMILES string of the molecule is O=C(Cn1c(=O)n(Cc2ccccc2Cl)c(=O)c2nccnc21)NC1CCCC1. The first-order valence-electron chi connectivity index (χ1n) is 9.51. The lowest BCUT2D eigenvalue weighted by Gasteiger charge is -2.15. The number of carbonyl (C=O) groups excluding carboxylic acids is 1. The van der Waals surface area contributed by atoms with Crippen molar-refractivity contribution < 1.29 is 4.79 Å². The number of nitrogens with zero attached hydrogens (tertiary/aromatic N) is 4. The van der Waals surface area contributed by atoms with Crippen LogP contribution in [0.4, 0.5) is 0 Å². The van der Waals surface area contributed by atoms with Crippen LogP contribution in [-0.4, -0.2) is 31.1 Å². The zero-order valence-electron chi connectivity index (χ0n) is 15.7. The Morgan fingerprint density at radius 3 is 2.59 bits per heavy atom. The van der Waals surface area contributed by atoms with E-state index in [0.717, 1.165) is 30.3 Å². The van der Waals surface area contributed by atoms with Crippen LogP contribution < -0.4 is 16.6 Å². The normalized spacial score (nSPS) is 14.4. The van der Waals surface area contributed by atoms with Gasteiger partial charge in [-0.3, -0.25) is 18.7 Å². The largest absolute Gasteiger partial charge is 0.352 e. The molecule has 4 rings (SSSR count). The Bertz CT molecular complexity index is 1180. The quantitative estimate of drug-likeness (QED) is 0.686. The highest BCUT2D eigenvalue weighted by Crippen LogP contribution is 2.18. The van der Waals surface area contributed by atoms with Crippen molar-refractivity contribution in [2.24, 2.45) is 0 Å². The number of fused-ring (bicyclic) bond motifs is 1. The lowest BCUT2D eigenvalue weighted by atomic mass is 10.2. The van der Waals surface area contributed by atoms with Crippen LogP contribution in [0.25, 0.3) is 11.2 Å². The predicted molar refractivity (Wildman–Crippen MR) is 109 cm³/mol. The minimum atomic E-state index is -0.621. The number of aromatic nitrogens is 4. The molecule has 8 nitrogen and oxygen atoms in total. The molecule has 0 radical (unpaired) electrons. The minimum absolute atomic E-state index is 0.0197. The number of nitrogens with one attached hydrogen (secondary N) is 1. The average Bonchev–Trinajstić information content (AvgIpc) is 3.22. The molecule has 1 amide bonds. The second-order valence-corrected chi connectivity index (χ2v) is 7.54. The van der Waals surface area contributed by atoms with Gasteiger partial charge >= 0.3 is 5.69 Å². The Morgan fingerprint density at radius 2 is 1.83 bits per heavy atom. The molecule has 0 bridgehead atoms. The van der Waals surface area contributed by atoms with Crippen LogP contribution in [0.15, 0.2) is 46.2 Å². The highest BCUT2D eigenvalue weighted by atomic mass is 35.5. The van der Waals surface area contributed by atoms with Crippen LogP contribution >= 0.6 is 11.6 Å². The highest BCUT2D eigenvalue weighted by molar-refractivity contribution is 6.31. The van der Waals surface area contributed by atoms with Gasteiger partial charge in [0.05, 0.1) is 6.54 Å². The first kappa shape index (κ1) is 19.3. The molecule has 1 aliphatic rings. The van der Waals surface area contributed by atoms with Crippen LogP contribution in [0.3, 0.4) is 0 Å². The van der Waals surface area contributed by atoms with Gasteiger partial charge in [-0.15, -0.1) is 0 Å². The zero-order chi connectivity index (χ0) is 20.4. The van der Waals surface area contributed by atoms with Gasteiger partial charge in [0.25, 0.3) is 5.56 Å². The van der Waals surface area contributed by atoms with E-state index < -0.39 is 11.2 Å². The Labute approximate surface area is 171 Å². The van der Waals surface area contributed by atoms with E-state index in [-0.39, 0.29) is 36.2 Å². The summed E-state index contributed by atoms with van der Waals surface area (Å²) in [6.07, 6.45) is 6.83. The molecule has 1 saturated carbocycles. The molecule has 0 unspecified atom stereocenters. The lowest BCUT2D eigenvalue weighted by molar-refractivity contribution is -0.122. The molecule has 1 fully saturated rings. The van der Waals surface area contributed by atoms with E-state index in [4.69, 9.17) is 11.6 Å². The predicted octanol–water partition coefficient (Wildman–Crippen LogP) is 1.71. The summed E-state index contributed by atoms with van der Waals surface area (Å²) >= 11 is 6.20. The van der Waals surface area contributed by atoms with E-state index in [1.54, 1.807) is 24.3 Å². The van der Waals surface area contributed by atoms with Crippen molar-refractivity contribution in [3.8, 4) is 0 Å². The molecule has 0 saturated heterocycles. The molecule has 1 aliphatic carbocycles. The van der Waals surface area contributed by atoms with Gasteiger partial charge in [-0.1, -0.05) is 42.6 Å². The minimum Gasteiger partial charge on any atom is -0.352 e. The van der Waals surface area contributed by atoms with Crippen molar-refractivity contribution in [2.75, 3.05) is 0 Å². The van der Waals surface area contributed by atoms with Crippen molar-refractivity contribution in [1.82, 2.24) is 24.4 Å². The number of carbonyl (C=O) groups is 1. The Balaban J connectivity index is 1.76. The Hall–Kier alpha value is -3.00. The van der Waals surface area contributed by atoms with E-state index >= 15 is 0 Å². The van der Waals surface area contributed by atoms with E-state index in [9.17, 15) is 14.4 Å². The van der Waals surface area contributed by atoms with Crippen LogP contribution in [0.5, 0.6) is 0 Å². The molecule has 0 aliphatic heterocycles. The van der Waals surface area contributed by atoms with Gasteiger partial charge in [-0.2, -0.15) is 0 Å². The summed E-state index contributed by atoms with van der Waals surface area (Å²) in [5.74, 6) is -0.283. The third-order valence-electron chi connectivity index (χ3n) is 5.15. The van der Waals surface area contributed by atoms with Gasteiger partial charge in [0, 0.05) is 23.5 Å². The monoisotopic (exact) mass is 413 g/mol. The second kappa shape index (κ2) is 8.16.